The van der Waals surface area contributed by atoms with Gasteiger partial charge in [-0.1, -0.05) is 162 Å². The van der Waals surface area contributed by atoms with E-state index in [0.717, 1.165) is 30.2 Å². The fraction of sp³-hybridized carbons (Fsp3) is 0.794. The largest absolute Gasteiger partial charge is 2.00 e. The summed E-state index contributed by atoms with van der Waals surface area (Å²) in [7, 11) is 0. The van der Waals surface area contributed by atoms with Crippen molar-refractivity contribution in [2.45, 2.75) is 162 Å². The van der Waals surface area contributed by atoms with Gasteiger partial charge in [0.25, 0.3) is 0 Å². The van der Waals surface area contributed by atoms with E-state index in [1.807, 2.05) is 30.3 Å². The minimum atomic E-state index is -2.25. The van der Waals surface area contributed by atoms with Gasteiger partial charge in [0.15, 0.2) is 0 Å². The summed E-state index contributed by atoms with van der Waals surface area (Å²) in [5.41, 5.74) is -1.23. The van der Waals surface area contributed by atoms with Crippen LogP contribution in [-0.4, -0.2) is 49.4 Å². The van der Waals surface area contributed by atoms with E-state index in [2.05, 4.69) is 41.5 Å². The predicted molar refractivity (Wildman–Crippen MR) is 176 cm³/mol. The van der Waals surface area contributed by atoms with E-state index in [1.54, 1.807) is 6.92 Å². The summed E-state index contributed by atoms with van der Waals surface area (Å²) in [5.74, 6) is 0.433. The molecule has 0 radical (unpaired) electrons. The summed E-state index contributed by atoms with van der Waals surface area (Å²) in [5, 5.41) is 11.3. The molecule has 1 rings (SSSR count). The molecule has 228 valence electrons. The van der Waals surface area contributed by atoms with E-state index in [-0.39, 0.29) is 101 Å². The van der Waals surface area contributed by atoms with Crippen molar-refractivity contribution in [3.8, 4) is 0 Å². The topological polar surface area (TPSA) is 40.1 Å². The number of rotatable bonds is 14. The Morgan fingerprint density at radius 3 is 1.58 bits per heavy atom. The number of alkyl halides is 1. The first kappa shape index (κ1) is 57.7. The van der Waals surface area contributed by atoms with Crippen LogP contribution in [0.2, 0.25) is 0 Å². The molecule has 0 saturated heterocycles. The van der Waals surface area contributed by atoms with Crippen LogP contribution in [0.15, 0.2) is 30.3 Å². The van der Waals surface area contributed by atoms with Gasteiger partial charge in [-0.2, -0.15) is 0 Å². The Kier molecular flexibility index (Phi) is 50.2. The molecule has 0 spiro atoms. The molecule has 4 heteroatoms. The van der Waals surface area contributed by atoms with Crippen molar-refractivity contribution in [3.63, 3.8) is 0 Å². The van der Waals surface area contributed by atoms with Gasteiger partial charge in [-0.05, 0) is 48.5 Å². The van der Waals surface area contributed by atoms with Gasteiger partial charge in [0.05, 0.1) is 5.97 Å². The summed E-state index contributed by atoms with van der Waals surface area (Å²) >= 11 is 0. The van der Waals surface area contributed by atoms with Gasteiger partial charge in [-0.25, -0.2) is 4.39 Å². The Bertz CT molecular complexity index is 579. The molecule has 0 aliphatic carbocycles. The van der Waals surface area contributed by atoms with Crippen LogP contribution in [0.1, 0.15) is 162 Å². The molecule has 0 aromatic heterocycles. The summed E-state index contributed by atoms with van der Waals surface area (Å²) in [4.78, 5) is 11.3. The summed E-state index contributed by atoms with van der Waals surface area (Å²) in [6.45, 7) is 14.9. The van der Waals surface area contributed by atoms with Gasteiger partial charge in [0.2, 0.25) is 0 Å². The van der Waals surface area contributed by atoms with Crippen LogP contribution < -0.4 is 5.11 Å². The molecular weight excluding hydrogens is 499 g/mol. The van der Waals surface area contributed by atoms with Crippen molar-refractivity contribution < 1.29 is 14.3 Å². The predicted octanol–water partition coefficient (Wildman–Crippen LogP) is 11.1. The summed E-state index contributed by atoms with van der Waals surface area (Å²) in [6.07, 6.45) is 8.07. The van der Waals surface area contributed by atoms with Crippen LogP contribution in [0.4, 0.5) is 4.39 Å². The number of hydrogen-bond donors (Lipinski definition) is 0. The van der Waals surface area contributed by atoms with Crippen LogP contribution in [-0.2, 0) is 4.79 Å². The van der Waals surface area contributed by atoms with Gasteiger partial charge in [0.1, 0.15) is 5.67 Å². The average Bonchev–Trinajstić information content (AvgIpc) is 2.76. The van der Waals surface area contributed by atoms with E-state index in [0.29, 0.717) is 5.92 Å². The Labute approximate surface area is 272 Å². The number of aliphatic carboxylic acids is 1. The van der Waals surface area contributed by atoms with Crippen molar-refractivity contribution in [2.24, 2.45) is 17.8 Å². The van der Waals surface area contributed by atoms with Crippen molar-refractivity contribution in [1.29, 1.82) is 0 Å². The summed E-state index contributed by atoms with van der Waals surface area (Å²) < 4.78 is 14.8. The van der Waals surface area contributed by atoms with Crippen molar-refractivity contribution in [1.82, 2.24) is 0 Å². The van der Waals surface area contributed by atoms with Crippen molar-refractivity contribution in [3.05, 3.63) is 35.9 Å². The van der Waals surface area contributed by atoms with Crippen LogP contribution >= 0.6 is 0 Å². The molecule has 0 fully saturated rings. The zero-order valence-electron chi connectivity index (χ0n) is 22.0. The normalized spacial score (nSPS) is 13.1. The Balaban J connectivity index is -0.000000114. The van der Waals surface area contributed by atoms with E-state index < -0.39 is 11.6 Å². The molecule has 1 aromatic rings. The molecule has 0 N–H and O–H groups in total. The standard InChI is InChI=1S/C23H37FO2.C5H12.6CH4.Ca/c1-5-18(3)12-10-11-13-19(4)16-21(20-14-8-7-9-15-20)17-23(24,6-2)22(25)26;1-4-5(2)3;;;;;;;/h7-9,14-15,18-19,21H,5-6,10-13,16-17H2,1-4H3,(H,25,26);5H,4H2,1-3H3;6*1H4;/q;;;;;;;;+2/p-1. The van der Waals surface area contributed by atoms with Crippen LogP contribution in [0.3, 0.4) is 0 Å². The van der Waals surface area contributed by atoms with Crippen LogP contribution in [0, 0.1) is 17.8 Å². The van der Waals surface area contributed by atoms with E-state index in [1.165, 1.54) is 32.1 Å². The maximum absolute atomic E-state index is 14.8. The molecule has 4 atom stereocenters. The number of halogens is 1. The maximum Gasteiger partial charge on any atom is 2.00 e. The third-order valence-corrected chi connectivity index (χ3v) is 6.61. The molecular formula is C34H72CaFO2+. The van der Waals surface area contributed by atoms with Gasteiger partial charge in [-0.15, -0.1) is 0 Å². The van der Waals surface area contributed by atoms with E-state index in [9.17, 15) is 14.3 Å². The third-order valence-electron chi connectivity index (χ3n) is 6.61. The van der Waals surface area contributed by atoms with Crippen LogP contribution in [0.5, 0.6) is 0 Å². The first-order valence-electron chi connectivity index (χ1n) is 12.5. The second-order valence-electron chi connectivity index (χ2n) is 9.86. The Morgan fingerprint density at radius 2 is 1.24 bits per heavy atom. The molecule has 0 aliphatic heterocycles. The van der Waals surface area contributed by atoms with Crippen molar-refractivity contribution >= 4 is 43.7 Å². The van der Waals surface area contributed by atoms with E-state index in [4.69, 9.17) is 0 Å². The second kappa shape index (κ2) is 33.1. The van der Waals surface area contributed by atoms with Gasteiger partial charge >= 0.3 is 37.7 Å². The molecule has 0 amide bonds. The van der Waals surface area contributed by atoms with Crippen molar-refractivity contribution in [2.75, 3.05) is 0 Å². The first-order chi connectivity index (χ1) is 14.6. The van der Waals surface area contributed by atoms with Gasteiger partial charge in [0, 0.05) is 0 Å². The minimum Gasteiger partial charge on any atom is -0.547 e. The molecule has 0 saturated carbocycles. The second-order valence-corrected chi connectivity index (χ2v) is 9.86. The molecule has 0 aliphatic rings. The Hall–Kier alpha value is -0.120. The number of hydrogen-bond acceptors (Lipinski definition) is 2. The fourth-order valence-electron chi connectivity index (χ4n) is 3.62. The molecule has 0 heterocycles. The fourth-order valence-corrected chi connectivity index (χ4v) is 3.62. The smallest absolute Gasteiger partial charge is 0.547 e. The quantitative estimate of drug-likeness (QED) is 0.164. The molecule has 1 aromatic carbocycles. The zero-order chi connectivity index (χ0) is 23.9. The number of benzene rings is 1. The molecule has 38 heavy (non-hydrogen) atoms. The third kappa shape index (κ3) is 26.1. The number of carboxylic acids is 1. The number of carbonyl (C=O) groups excluding carboxylic acids is 1. The van der Waals surface area contributed by atoms with E-state index >= 15 is 0 Å². The molecule has 0 bridgehead atoms. The minimum absolute atomic E-state index is 0. The van der Waals surface area contributed by atoms with Gasteiger partial charge < -0.3 is 9.90 Å². The molecule has 4 unspecified atom stereocenters. The molecule has 2 nitrogen and oxygen atoms in total. The van der Waals surface area contributed by atoms with Gasteiger partial charge in [-0.3, -0.25) is 0 Å². The Morgan fingerprint density at radius 1 is 0.816 bits per heavy atom. The SMILES string of the molecule is C.C.C.C.C.C.CCC(C)C.CCC(C)CCCCC(C)CC(CC(F)(CC)C(=O)[O-])c1ccccc1.[Ca+2]. The monoisotopic (exact) mass is 572 g/mol. The maximum atomic E-state index is 14.8. The van der Waals surface area contributed by atoms with Crippen LogP contribution in [0.25, 0.3) is 0 Å². The number of unbranched alkanes of at least 4 members (excludes halogenated alkanes) is 1. The summed E-state index contributed by atoms with van der Waals surface area (Å²) in [6, 6.07) is 9.76. The number of carbonyl (C=O) groups is 1. The zero-order valence-corrected chi connectivity index (χ0v) is 24.2. The average molecular weight is 572 g/mol. The number of carboxylic acid groups (broad SMARTS) is 1. The first-order valence-corrected chi connectivity index (χ1v) is 12.5.